The van der Waals surface area contributed by atoms with Crippen molar-refractivity contribution in [2.24, 2.45) is 0 Å². The lowest BCUT2D eigenvalue weighted by atomic mass is 10.2. The van der Waals surface area contributed by atoms with E-state index >= 15 is 0 Å². The minimum atomic E-state index is -4.56. The van der Waals surface area contributed by atoms with Crippen LogP contribution in [-0.2, 0) is 18.9 Å². The third kappa shape index (κ3) is 4.42. The highest BCUT2D eigenvalue weighted by Crippen LogP contribution is 2.37. The van der Waals surface area contributed by atoms with E-state index in [0.717, 1.165) is 36.2 Å². The smallest absolute Gasteiger partial charge is 0.305 e. The first-order valence-electron chi connectivity index (χ1n) is 8.73. The van der Waals surface area contributed by atoms with Crippen molar-refractivity contribution in [2.45, 2.75) is 37.6 Å². The Morgan fingerprint density at radius 2 is 1.57 bits per heavy atom. The number of halogens is 6. The fourth-order valence-corrected chi connectivity index (χ4v) is 3.53. The molecule has 0 bridgehead atoms. The predicted molar refractivity (Wildman–Crippen MR) is 98.6 cm³/mol. The number of hydrogen-bond donors (Lipinski definition) is 0. The molecule has 0 atom stereocenters. The van der Waals surface area contributed by atoms with Gasteiger partial charge in [0.1, 0.15) is 11.4 Å². The molecule has 0 aliphatic heterocycles. The molecule has 0 fully saturated rings. The summed E-state index contributed by atoms with van der Waals surface area (Å²) in [7, 11) is 0. The van der Waals surface area contributed by atoms with Gasteiger partial charge in [0.05, 0.1) is 11.1 Å². The number of alkyl halides is 6. The van der Waals surface area contributed by atoms with E-state index in [0.29, 0.717) is 11.9 Å². The number of pyridine rings is 2. The van der Waals surface area contributed by atoms with Crippen LogP contribution in [0.4, 0.5) is 26.3 Å². The summed E-state index contributed by atoms with van der Waals surface area (Å²) < 4.78 is 79.8. The summed E-state index contributed by atoms with van der Waals surface area (Å²) >= 11 is 1.15. The van der Waals surface area contributed by atoms with Gasteiger partial charge in [0.25, 0.3) is 0 Å². The van der Waals surface area contributed by atoms with Crippen LogP contribution in [0.3, 0.4) is 0 Å². The molecule has 3 aromatic heterocycles. The van der Waals surface area contributed by atoms with Crippen LogP contribution in [0.5, 0.6) is 0 Å². The molecule has 0 spiro atoms. The Kier molecular flexibility index (Phi) is 6.06. The third-order valence-corrected chi connectivity index (χ3v) is 4.99. The van der Waals surface area contributed by atoms with Crippen LogP contribution in [-0.4, -0.2) is 30.5 Å². The van der Waals surface area contributed by atoms with Gasteiger partial charge in [0, 0.05) is 23.8 Å². The molecule has 0 aromatic carbocycles. The topological polar surface area (TPSA) is 56.5 Å². The van der Waals surface area contributed by atoms with Gasteiger partial charge >= 0.3 is 12.4 Å². The van der Waals surface area contributed by atoms with Gasteiger partial charge in [0.15, 0.2) is 11.6 Å². The molecular weight excluding hydrogens is 432 g/mol. The van der Waals surface area contributed by atoms with Crippen LogP contribution in [0, 0.1) is 0 Å². The second-order valence-electron chi connectivity index (χ2n) is 6.02. The largest absolute Gasteiger partial charge is 0.417 e. The first-order valence-corrected chi connectivity index (χ1v) is 9.72. The van der Waals surface area contributed by atoms with E-state index in [1.165, 1.54) is 4.57 Å². The zero-order valence-electron chi connectivity index (χ0n) is 15.7. The number of nitrogens with zero attached hydrogens (tertiary/aromatic N) is 5. The van der Waals surface area contributed by atoms with Crippen molar-refractivity contribution >= 4 is 11.8 Å². The van der Waals surface area contributed by atoms with Crippen molar-refractivity contribution < 1.29 is 26.3 Å². The quantitative estimate of drug-likeness (QED) is 0.378. The zero-order valence-corrected chi connectivity index (χ0v) is 16.5. The average molecular weight is 447 g/mol. The van der Waals surface area contributed by atoms with Crippen molar-refractivity contribution in [2.75, 3.05) is 5.75 Å². The lowest BCUT2D eigenvalue weighted by Gasteiger charge is -2.13. The molecule has 3 heterocycles. The summed E-state index contributed by atoms with van der Waals surface area (Å²) in [5.74, 6) is 0.697. The van der Waals surface area contributed by atoms with Gasteiger partial charge in [0.2, 0.25) is 0 Å². The van der Waals surface area contributed by atoms with E-state index in [-0.39, 0.29) is 34.5 Å². The SMILES string of the molecule is CCSc1cc(C(F)(F)F)cnc1-c1nnc(-c2cc(C(F)(F)F)ccn2)n1CC. The highest BCUT2D eigenvalue weighted by atomic mass is 32.2. The van der Waals surface area contributed by atoms with Crippen LogP contribution >= 0.6 is 11.8 Å². The number of thioether (sulfide) groups is 1. The Bertz CT molecular complexity index is 1040. The summed E-state index contributed by atoms with van der Waals surface area (Å²) in [5.41, 5.74) is -1.68. The molecule has 0 unspecified atom stereocenters. The highest BCUT2D eigenvalue weighted by Gasteiger charge is 2.33. The number of hydrogen-bond acceptors (Lipinski definition) is 5. The Hall–Kier alpha value is -2.63. The van der Waals surface area contributed by atoms with Gasteiger partial charge < -0.3 is 4.57 Å². The molecule has 0 radical (unpaired) electrons. The fourth-order valence-electron chi connectivity index (χ4n) is 2.73. The van der Waals surface area contributed by atoms with Gasteiger partial charge in [-0.2, -0.15) is 26.3 Å². The second-order valence-corrected chi connectivity index (χ2v) is 7.33. The van der Waals surface area contributed by atoms with Crippen LogP contribution in [0.2, 0.25) is 0 Å². The van der Waals surface area contributed by atoms with Crippen LogP contribution in [0.15, 0.2) is 35.5 Å². The molecule has 3 rings (SSSR count). The molecule has 160 valence electrons. The Labute approximate surface area is 171 Å². The van der Waals surface area contributed by atoms with Crippen molar-refractivity contribution in [1.29, 1.82) is 0 Å². The average Bonchev–Trinajstić information content (AvgIpc) is 3.11. The van der Waals surface area contributed by atoms with Gasteiger partial charge in [-0.15, -0.1) is 22.0 Å². The Morgan fingerprint density at radius 3 is 2.17 bits per heavy atom. The van der Waals surface area contributed by atoms with E-state index in [9.17, 15) is 26.3 Å². The standard InChI is InChI=1S/C18H15F6N5S/c1-3-29-15(12-7-10(5-6-25-12)17(19,20)21)27-28-16(29)14-13(30-4-2)8-11(9-26-14)18(22,23)24/h5-9H,3-4H2,1-2H3. The fraction of sp³-hybridized carbons (Fsp3) is 0.333. The van der Waals surface area contributed by atoms with E-state index in [1.807, 2.05) is 0 Å². The minimum Gasteiger partial charge on any atom is -0.305 e. The lowest BCUT2D eigenvalue weighted by molar-refractivity contribution is -0.138. The molecule has 5 nitrogen and oxygen atoms in total. The molecule has 30 heavy (non-hydrogen) atoms. The summed E-state index contributed by atoms with van der Waals surface area (Å²) in [6, 6.07) is 2.67. The van der Waals surface area contributed by atoms with E-state index in [2.05, 4.69) is 20.2 Å². The van der Waals surface area contributed by atoms with Crippen molar-refractivity contribution in [3.63, 3.8) is 0 Å². The van der Waals surface area contributed by atoms with Gasteiger partial charge in [-0.25, -0.2) is 0 Å². The predicted octanol–water partition coefficient (Wildman–Crippen LogP) is 5.57. The van der Waals surface area contributed by atoms with Crippen LogP contribution < -0.4 is 0 Å². The summed E-state index contributed by atoms with van der Waals surface area (Å²) in [4.78, 5) is 8.14. The monoisotopic (exact) mass is 447 g/mol. The highest BCUT2D eigenvalue weighted by molar-refractivity contribution is 7.99. The molecule has 0 aliphatic rings. The van der Waals surface area contributed by atoms with Gasteiger partial charge in [-0.1, -0.05) is 6.92 Å². The Balaban J connectivity index is 2.13. The van der Waals surface area contributed by atoms with Crippen LogP contribution in [0.1, 0.15) is 25.0 Å². The van der Waals surface area contributed by atoms with Crippen molar-refractivity contribution in [3.8, 4) is 23.0 Å². The lowest BCUT2D eigenvalue weighted by Crippen LogP contribution is -2.09. The molecule has 0 saturated heterocycles. The van der Waals surface area contributed by atoms with Gasteiger partial charge in [-0.05, 0) is 30.9 Å². The summed E-state index contributed by atoms with van der Waals surface area (Å²) in [6.07, 6.45) is -7.40. The van der Waals surface area contributed by atoms with Crippen LogP contribution in [0.25, 0.3) is 23.0 Å². The molecule has 0 aliphatic carbocycles. The van der Waals surface area contributed by atoms with Gasteiger partial charge in [-0.3, -0.25) is 9.97 Å². The third-order valence-electron chi connectivity index (χ3n) is 4.08. The molecule has 0 saturated carbocycles. The Morgan fingerprint density at radius 1 is 0.900 bits per heavy atom. The minimum absolute atomic E-state index is 0.0537. The van der Waals surface area contributed by atoms with E-state index in [4.69, 9.17) is 0 Å². The second kappa shape index (κ2) is 8.25. The molecule has 3 aromatic rings. The maximum Gasteiger partial charge on any atom is 0.417 e. The molecular formula is C18H15F6N5S. The molecule has 0 amide bonds. The summed E-state index contributed by atoms with van der Waals surface area (Å²) in [6.45, 7) is 3.73. The normalized spacial score (nSPS) is 12.4. The first kappa shape index (κ1) is 22.1. The number of aromatic nitrogens is 5. The zero-order chi connectivity index (χ0) is 22.1. The maximum absolute atomic E-state index is 13.1. The van der Waals surface area contributed by atoms with Crippen molar-refractivity contribution in [3.05, 3.63) is 41.7 Å². The first-order chi connectivity index (χ1) is 14.1. The maximum atomic E-state index is 13.1. The summed E-state index contributed by atoms with van der Waals surface area (Å²) in [5, 5.41) is 7.94. The van der Waals surface area contributed by atoms with E-state index < -0.39 is 23.5 Å². The number of rotatable bonds is 5. The molecule has 0 N–H and O–H groups in total. The van der Waals surface area contributed by atoms with E-state index in [1.54, 1.807) is 13.8 Å². The molecule has 12 heteroatoms. The van der Waals surface area contributed by atoms with Crippen molar-refractivity contribution in [1.82, 2.24) is 24.7 Å².